The van der Waals surface area contributed by atoms with Gasteiger partial charge in [0.05, 0.1) is 11.4 Å². The summed E-state index contributed by atoms with van der Waals surface area (Å²) in [4.78, 5) is 43.0. The summed E-state index contributed by atoms with van der Waals surface area (Å²) >= 11 is 0. The van der Waals surface area contributed by atoms with E-state index < -0.39 is 11.8 Å². The third-order valence-corrected chi connectivity index (χ3v) is 3.89. The van der Waals surface area contributed by atoms with Crippen LogP contribution in [0.3, 0.4) is 0 Å². The minimum atomic E-state index is -0.796. The van der Waals surface area contributed by atoms with Crippen LogP contribution in [0.2, 0.25) is 0 Å². The van der Waals surface area contributed by atoms with E-state index in [0.29, 0.717) is 17.9 Å². The van der Waals surface area contributed by atoms with Crippen LogP contribution >= 0.6 is 0 Å². The van der Waals surface area contributed by atoms with Gasteiger partial charge in [0.15, 0.2) is 0 Å². The average molecular weight is 374 g/mol. The molecule has 2 amide bonds. The molecule has 2 aromatic heterocycles. The fraction of sp³-hybridized carbons (Fsp3) is 0.500. The minimum Gasteiger partial charge on any atom is -0.348 e. The van der Waals surface area contributed by atoms with Crippen LogP contribution in [-0.2, 0) is 9.59 Å². The molecular formula is C18H26N6O3. The summed E-state index contributed by atoms with van der Waals surface area (Å²) in [6.45, 7) is 8.09. The molecule has 0 unspecified atom stereocenters. The molecule has 2 aromatic rings. The smallest absolute Gasteiger partial charge is 0.314 e. The first kappa shape index (κ1) is 20.3. The lowest BCUT2D eigenvalue weighted by Gasteiger charge is -2.10. The molecule has 0 saturated heterocycles. The van der Waals surface area contributed by atoms with Crippen molar-refractivity contribution in [2.24, 2.45) is 0 Å². The van der Waals surface area contributed by atoms with Gasteiger partial charge in [-0.3, -0.25) is 19.4 Å². The molecule has 2 heterocycles. The molecule has 9 heteroatoms. The van der Waals surface area contributed by atoms with Gasteiger partial charge >= 0.3 is 11.8 Å². The van der Waals surface area contributed by atoms with Gasteiger partial charge in [0, 0.05) is 18.7 Å². The van der Waals surface area contributed by atoms with Crippen molar-refractivity contribution >= 4 is 17.6 Å². The third-order valence-electron chi connectivity index (χ3n) is 3.89. The van der Waals surface area contributed by atoms with Crippen LogP contribution in [-0.4, -0.2) is 38.1 Å². The molecular weight excluding hydrogens is 348 g/mol. The van der Waals surface area contributed by atoms with Crippen LogP contribution < -0.4 is 16.2 Å². The minimum absolute atomic E-state index is 0.0506. The number of hydrogen-bond acceptors (Lipinski definition) is 5. The number of nitrogens with one attached hydrogen (secondary N) is 3. The summed E-state index contributed by atoms with van der Waals surface area (Å²) in [5, 5.41) is 9.37. The molecule has 9 nitrogen and oxygen atoms in total. The Labute approximate surface area is 157 Å². The van der Waals surface area contributed by atoms with Crippen molar-refractivity contribution in [3.8, 4) is 5.95 Å². The molecule has 0 fully saturated rings. The third kappa shape index (κ3) is 5.50. The van der Waals surface area contributed by atoms with Gasteiger partial charge in [-0.15, -0.1) is 0 Å². The zero-order valence-corrected chi connectivity index (χ0v) is 16.1. The van der Waals surface area contributed by atoms with E-state index in [4.69, 9.17) is 0 Å². The van der Waals surface area contributed by atoms with Crippen LogP contribution in [0.5, 0.6) is 0 Å². The number of carbonyl (C=O) groups excluding carboxylic acids is 2. The van der Waals surface area contributed by atoms with E-state index in [1.807, 2.05) is 13.8 Å². The SMILES string of the molecule is CCCCCNC(=O)C(=O)Nc1cc(C)nn1-c1nc(C(C)C)cc(=O)[nH]1. The van der Waals surface area contributed by atoms with Gasteiger partial charge in [-0.05, 0) is 19.3 Å². The fourth-order valence-corrected chi connectivity index (χ4v) is 2.44. The summed E-state index contributed by atoms with van der Waals surface area (Å²) in [5.74, 6) is -1.03. The van der Waals surface area contributed by atoms with Gasteiger partial charge in [-0.2, -0.15) is 9.78 Å². The molecule has 0 spiro atoms. The Kier molecular flexibility index (Phi) is 6.86. The number of aromatic nitrogens is 4. The van der Waals surface area contributed by atoms with Crippen LogP contribution in [0.15, 0.2) is 16.9 Å². The highest BCUT2D eigenvalue weighted by atomic mass is 16.2. The number of unbranched alkanes of at least 4 members (excludes halogenated alkanes) is 2. The Morgan fingerprint density at radius 1 is 1.22 bits per heavy atom. The van der Waals surface area contributed by atoms with E-state index in [-0.39, 0.29) is 23.2 Å². The second-order valence-electron chi connectivity index (χ2n) is 6.65. The van der Waals surface area contributed by atoms with E-state index in [2.05, 4.69) is 32.6 Å². The first-order valence-electron chi connectivity index (χ1n) is 9.09. The lowest BCUT2D eigenvalue weighted by atomic mass is 10.1. The fourth-order valence-electron chi connectivity index (χ4n) is 2.44. The number of H-pyrrole nitrogens is 1. The van der Waals surface area contributed by atoms with Crippen LogP contribution in [0.1, 0.15) is 57.3 Å². The number of rotatable bonds is 7. The summed E-state index contributed by atoms with van der Waals surface area (Å²) in [5.41, 5.74) is 0.891. The number of amides is 2. The molecule has 0 atom stereocenters. The van der Waals surface area contributed by atoms with Crippen molar-refractivity contribution in [2.75, 3.05) is 11.9 Å². The highest BCUT2D eigenvalue weighted by molar-refractivity contribution is 6.39. The lowest BCUT2D eigenvalue weighted by molar-refractivity contribution is -0.136. The second kappa shape index (κ2) is 9.11. The summed E-state index contributed by atoms with van der Waals surface area (Å²) in [6.07, 6.45) is 2.83. The number of carbonyl (C=O) groups is 2. The zero-order chi connectivity index (χ0) is 20.0. The topological polar surface area (TPSA) is 122 Å². The van der Waals surface area contributed by atoms with Crippen molar-refractivity contribution in [1.82, 2.24) is 25.1 Å². The van der Waals surface area contributed by atoms with Crippen LogP contribution in [0.4, 0.5) is 5.82 Å². The number of nitrogens with zero attached hydrogens (tertiary/aromatic N) is 3. The van der Waals surface area contributed by atoms with Crippen molar-refractivity contribution < 1.29 is 9.59 Å². The highest BCUT2D eigenvalue weighted by Gasteiger charge is 2.18. The number of aryl methyl sites for hydroxylation is 1. The van der Waals surface area contributed by atoms with Crippen molar-refractivity contribution in [2.45, 2.75) is 52.9 Å². The molecule has 2 rings (SSSR count). The van der Waals surface area contributed by atoms with E-state index in [1.165, 1.54) is 10.7 Å². The van der Waals surface area contributed by atoms with E-state index in [0.717, 1.165) is 19.3 Å². The average Bonchev–Trinajstić information content (AvgIpc) is 2.98. The molecule has 0 saturated carbocycles. The van der Waals surface area contributed by atoms with Crippen LogP contribution in [0, 0.1) is 6.92 Å². The summed E-state index contributed by atoms with van der Waals surface area (Å²) < 4.78 is 1.31. The molecule has 0 aliphatic carbocycles. The van der Waals surface area contributed by atoms with Crippen LogP contribution in [0.25, 0.3) is 5.95 Å². The second-order valence-corrected chi connectivity index (χ2v) is 6.65. The monoisotopic (exact) mass is 374 g/mol. The van der Waals surface area contributed by atoms with Gasteiger partial charge in [-0.1, -0.05) is 33.6 Å². The van der Waals surface area contributed by atoms with E-state index in [9.17, 15) is 14.4 Å². The molecule has 27 heavy (non-hydrogen) atoms. The Morgan fingerprint density at radius 3 is 2.63 bits per heavy atom. The Bertz CT molecular complexity index is 868. The Morgan fingerprint density at radius 2 is 1.96 bits per heavy atom. The zero-order valence-electron chi connectivity index (χ0n) is 16.1. The largest absolute Gasteiger partial charge is 0.348 e. The van der Waals surface area contributed by atoms with Gasteiger partial charge in [-0.25, -0.2) is 4.98 Å². The predicted molar refractivity (Wildman–Crippen MR) is 102 cm³/mol. The van der Waals surface area contributed by atoms with Crippen molar-refractivity contribution in [3.63, 3.8) is 0 Å². The highest BCUT2D eigenvalue weighted by Crippen LogP contribution is 2.16. The Balaban J connectivity index is 2.20. The van der Waals surface area contributed by atoms with E-state index in [1.54, 1.807) is 13.0 Å². The molecule has 0 radical (unpaired) electrons. The molecule has 3 N–H and O–H groups in total. The maximum Gasteiger partial charge on any atom is 0.314 e. The maximum absolute atomic E-state index is 12.2. The van der Waals surface area contributed by atoms with Gasteiger partial charge in [0.2, 0.25) is 5.95 Å². The number of anilines is 1. The van der Waals surface area contributed by atoms with Crippen molar-refractivity contribution in [1.29, 1.82) is 0 Å². The van der Waals surface area contributed by atoms with Gasteiger partial charge in [0.25, 0.3) is 5.56 Å². The first-order valence-corrected chi connectivity index (χ1v) is 9.09. The molecule has 0 bridgehead atoms. The summed E-state index contributed by atoms with van der Waals surface area (Å²) in [6, 6.07) is 3.02. The predicted octanol–water partition coefficient (Wildman–Crippen LogP) is 1.63. The standard InChI is InChI=1S/C18H26N6O3/c1-5-6-7-8-19-16(26)17(27)21-14-9-12(4)23-24(14)18-20-13(11(2)3)10-15(25)22-18/h9-11H,5-8H2,1-4H3,(H,19,26)(H,21,27)(H,20,22,25). The number of aromatic amines is 1. The lowest BCUT2D eigenvalue weighted by Crippen LogP contribution is -2.36. The quantitative estimate of drug-likeness (QED) is 0.502. The summed E-state index contributed by atoms with van der Waals surface area (Å²) in [7, 11) is 0. The van der Waals surface area contributed by atoms with Gasteiger partial charge in [0.1, 0.15) is 5.82 Å². The molecule has 0 aromatic carbocycles. The number of hydrogen-bond donors (Lipinski definition) is 3. The van der Waals surface area contributed by atoms with E-state index >= 15 is 0 Å². The maximum atomic E-state index is 12.2. The van der Waals surface area contributed by atoms with Crippen molar-refractivity contribution in [3.05, 3.63) is 33.9 Å². The first-order chi connectivity index (χ1) is 12.8. The molecule has 0 aliphatic heterocycles. The Hall–Kier alpha value is -2.97. The molecule has 0 aliphatic rings. The van der Waals surface area contributed by atoms with Gasteiger partial charge < -0.3 is 10.6 Å². The molecule has 146 valence electrons. The normalized spacial score (nSPS) is 10.9.